The summed E-state index contributed by atoms with van der Waals surface area (Å²) in [5, 5.41) is 2.49. The fourth-order valence-corrected chi connectivity index (χ4v) is 4.22. The summed E-state index contributed by atoms with van der Waals surface area (Å²) >= 11 is 0. The average molecular weight is 474 g/mol. The first kappa shape index (κ1) is 23.4. The number of halogens is 5. The van der Waals surface area contributed by atoms with Gasteiger partial charge in [-0.1, -0.05) is 24.3 Å². The molecule has 1 heterocycles. The van der Waals surface area contributed by atoms with Crippen LogP contribution in [0.2, 0.25) is 0 Å². The van der Waals surface area contributed by atoms with E-state index in [9.17, 15) is 31.5 Å². The highest BCUT2D eigenvalue weighted by molar-refractivity contribution is 5.99. The van der Waals surface area contributed by atoms with Crippen molar-refractivity contribution in [3.8, 4) is 0 Å². The third-order valence-electron chi connectivity index (χ3n) is 5.91. The van der Waals surface area contributed by atoms with E-state index in [1.165, 1.54) is 53.4 Å². The van der Waals surface area contributed by atoms with E-state index < -0.39 is 40.6 Å². The minimum absolute atomic E-state index is 0.160. The number of nitrogens with one attached hydrogen (secondary N) is 1. The zero-order chi connectivity index (χ0) is 24.5. The predicted octanol–water partition coefficient (Wildman–Crippen LogP) is 5.14. The lowest BCUT2D eigenvalue weighted by molar-refractivity contribution is -0.137. The highest BCUT2D eigenvalue weighted by Gasteiger charge is 2.49. The summed E-state index contributed by atoms with van der Waals surface area (Å²) in [4.78, 5) is 27.4. The van der Waals surface area contributed by atoms with Crippen LogP contribution in [0, 0.1) is 11.6 Å². The highest BCUT2D eigenvalue weighted by atomic mass is 19.4. The van der Waals surface area contributed by atoms with Gasteiger partial charge < -0.3 is 10.2 Å². The zero-order valence-corrected chi connectivity index (χ0v) is 17.7. The minimum Gasteiger partial charge on any atom is -0.332 e. The Bertz CT molecular complexity index is 1140. The number of carbonyl (C=O) groups is 2. The molecule has 0 aromatic heterocycles. The Labute approximate surface area is 192 Å². The molecule has 34 heavy (non-hydrogen) atoms. The van der Waals surface area contributed by atoms with E-state index in [0.29, 0.717) is 11.1 Å². The monoisotopic (exact) mass is 474 g/mol. The predicted molar refractivity (Wildman–Crippen MR) is 115 cm³/mol. The summed E-state index contributed by atoms with van der Waals surface area (Å²) < 4.78 is 65.2. The van der Waals surface area contributed by atoms with E-state index in [2.05, 4.69) is 5.32 Å². The summed E-state index contributed by atoms with van der Waals surface area (Å²) in [5.74, 6) is -1.94. The van der Waals surface area contributed by atoms with Crippen LogP contribution in [0.4, 0.5) is 27.6 Å². The first-order valence-electron chi connectivity index (χ1n) is 10.4. The number of amides is 2. The van der Waals surface area contributed by atoms with Crippen LogP contribution < -0.4 is 5.32 Å². The van der Waals surface area contributed by atoms with Gasteiger partial charge in [0, 0.05) is 12.2 Å². The maximum atomic E-state index is 13.6. The molecule has 1 aliphatic heterocycles. The first-order chi connectivity index (χ1) is 16.1. The maximum Gasteiger partial charge on any atom is 0.416 e. The average Bonchev–Trinajstić information content (AvgIpc) is 3.11. The van der Waals surface area contributed by atoms with Gasteiger partial charge in [0.05, 0.1) is 12.1 Å². The number of nitrogens with zero attached hydrogens (tertiary/aromatic N) is 1. The SMILES string of the molecule is O=C(CN1CCC(c2ccc(F)cc2)(c2ccc(F)cc2)C1=O)Nc1ccc(C(F)(F)F)cc1. The number of likely N-dealkylation sites (tertiary alicyclic amines) is 1. The van der Waals surface area contributed by atoms with Crippen LogP contribution in [-0.4, -0.2) is 29.8 Å². The Morgan fingerprint density at radius 1 is 0.853 bits per heavy atom. The second-order valence-corrected chi connectivity index (χ2v) is 8.02. The second-order valence-electron chi connectivity index (χ2n) is 8.02. The molecule has 0 bridgehead atoms. The van der Waals surface area contributed by atoms with Crippen molar-refractivity contribution in [2.24, 2.45) is 0 Å². The molecular weight excluding hydrogens is 455 g/mol. The Morgan fingerprint density at radius 2 is 1.35 bits per heavy atom. The number of carbonyl (C=O) groups excluding carboxylic acids is 2. The van der Waals surface area contributed by atoms with Crippen molar-refractivity contribution in [3.05, 3.63) is 101 Å². The standard InChI is InChI=1S/C25H19F5N2O2/c26-19-7-1-16(2-8-19)24(17-3-9-20(27)10-4-17)13-14-32(23(24)34)15-22(33)31-21-11-5-18(6-12-21)25(28,29)30/h1-12H,13-15H2,(H,31,33). The highest BCUT2D eigenvalue weighted by Crippen LogP contribution is 2.42. The van der Waals surface area contributed by atoms with Gasteiger partial charge in [0.25, 0.3) is 0 Å². The Kier molecular flexibility index (Phi) is 6.12. The van der Waals surface area contributed by atoms with Gasteiger partial charge in [-0.15, -0.1) is 0 Å². The Hall–Kier alpha value is -3.75. The van der Waals surface area contributed by atoms with Crippen molar-refractivity contribution in [2.75, 3.05) is 18.4 Å². The van der Waals surface area contributed by atoms with E-state index in [1.54, 1.807) is 0 Å². The molecule has 1 aliphatic rings. The number of hydrogen-bond donors (Lipinski definition) is 1. The van der Waals surface area contributed by atoms with E-state index in [0.717, 1.165) is 24.3 Å². The van der Waals surface area contributed by atoms with Gasteiger partial charge >= 0.3 is 6.18 Å². The molecule has 1 N–H and O–H groups in total. The van der Waals surface area contributed by atoms with E-state index >= 15 is 0 Å². The van der Waals surface area contributed by atoms with E-state index in [1.807, 2.05) is 0 Å². The summed E-state index contributed by atoms with van der Waals surface area (Å²) in [6.45, 7) is -0.127. The van der Waals surface area contributed by atoms with Gasteiger partial charge in [-0.05, 0) is 66.1 Å². The van der Waals surface area contributed by atoms with Gasteiger partial charge in [-0.25, -0.2) is 8.78 Å². The first-order valence-corrected chi connectivity index (χ1v) is 10.4. The van der Waals surface area contributed by atoms with Crippen molar-refractivity contribution in [3.63, 3.8) is 0 Å². The maximum absolute atomic E-state index is 13.6. The van der Waals surface area contributed by atoms with E-state index in [-0.39, 0.29) is 25.2 Å². The van der Waals surface area contributed by atoms with Gasteiger partial charge in [-0.3, -0.25) is 9.59 Å². The Balaban J connectivity index is 1.55. The molecule has 0 atom stereocenters. The van der Waals surface area contributed by atoms with Crippen LogP contribution in [0.5, 0.6) is 0 Å². The van der Waals surface area contributed by atoms with Crippen molar-refractivity contribution < 1.29 is 31.5 Å². The van der Waals surface area contributed by atoms with Gasteiger partial charge in [0.15, 0.2) is 0 Å². The number of hydrogen-bond acceptors (Lipinski definition) is 2. The topological polar surface area (TPSA) is 49.4 Å². The van der Waals surface area contributed by atoms with Crippen LogP contribution >= 0.6 is 0 Å². The second kappa shape index (κ2) is 8.89. The molecule has 3 aromatic rings. The minimum atomic E-state index is -4.49. The molecule has 0 aliphatic carbocycles. The molecule has 0 spiro atoms. The fourth-order valence-electron chi connectivity index (χ4n) is 4.22. The molecule has 2 amide bonds. The van der Waals surface area contributed by atoms with Crippen molar-refractivity contribution in [1.82, 2.24) is 4.90 Å². The fraction of sp³-hybridized carbons (Fsp3) is 0.200. The molecular formula is C25H19F5N2O2. The molecule has 9 heteroatoms. The molecule has 0 saturated carbocycles. The van der Waals surface area contributed by atoms with E-state index in [4.69, 9.17) is 0 Å². The third-order valence-corrected chi connectivity index (χ3v) is 5.91. The van der Waals surface area contributed by atoms with Crippen LogP contribution in [0.3, 0.4) is 0 Å². The van der Waals surface area contributed by atoms with Crippen LogP contribution in [0.25, 0.3) is 0 Å². The quantitative estimate of drug-likeness (QED) is 0.521. The lowest BCUT2D eigenvalue weighted by Gasteiger charge is -2.29. The molecule has 1 saturated heterocycles. The number of benzene rings is 3. The summed E-state index contributed by atoms with van der Waals surface area (Å²) in [6, 6.07) is 14.8. The summed E-state index contributed by atoms with van der Waals surface area (Å²) in [5.41, 5.74) is -0.889. The summed E-state index contributed by atoms with van der Waals surface area (Å²) in [6.07, 6.45) is -4.22. The summed E-state index contributed by atoms with van der Waals surface area (Å²) in [7, 11) is 0. The smallest absolute Gasteiger partial charge is 0.332 e. The van der Waals surface area contributed by atoms with Gasteiger partial charge in [-0.2, -0.15) is 13.2 Å². The molecule has 4 rings (SSSR count). The molecule has 0 unspecified atom stereocenters. The lowest BCUT2D eigenvalue weighted by Crippen LogP contribution is -2.42. The van der Waals surface area contributed by atoms with Crippen LogP contribution in [0.15, 0.2) is 72.8 Å². The normalized spacial score (nSPS) is 15.4. The zero-order valence-electron chi connectivity index (χ0n) is 17.7. The number of anilines is 1. The van der Waals surface area contributed by atoms with Crippen molar-refractivity contribution in [2.45, 2.75) is 18.0 Å². The third kappa shape index (κ3) is 4.50. The Morgan fingerprint density at radius 3 is 1.82 bits per heavy atom. The van der Waals surface area contributed by atoms with Gasteiger partial charge in [0.1, 0.15) is 17.0 Å². The largest absolute Gasteiger partial charge is 0.416 e. The molecule has 1 fully saturated rings. The van der Waals surface area contributed by atoms with Crippen molar-refractivity contribution >= 4 is 17.5 Å². The number of rotatable bonds is 5. The van der Waals surface area contributed by atoms with Crippen molar-refractivity contribution in [1.29, 1.82) is 0 Å². The van der Waals surface area contributed by atoms with Crippen LogP contribution in [-0.2, 0) is 21.2 Å². The van der Waals surface area contributed by atoms with Crippen LogP contribution in [0.1, 0.15) is 23.1 Å². The number of alkyl halides is 3. The lowest BCUT2D eigenvalue weighted by atomic mass is 9.73. The van der Waals surface area contributed by atoms with Gasteiger partial charge in [0.2, 0.25) is 11.8 Å². The molecule has 176 valence electrons. The molecule has 0 radical (unpaired) electrons. The molecule has 4 nitrogen and oxygen atoms in total. The molecule has 3 aromatic carbocycles.